The average Bonchev–Trinajstić information content (AvgIpc) is 2.44. The summed E-state index contributed by atoms with van der Waals surface area (Å²) in [6.45, 7) is 8.99. The smallest absolute Gasteiger partial charge is 0.00741 e. The largest absolute Gasteiger partial charge is 0.330 e. The summed E-state index contributed by atoms with van der Waals surface area (Å²) in [7, 11) is 0. The molecule has 2 rings (SSSR count). The molecule has 0 bridgehead atoms. The predicted octanol–water partition coefficient (Wildman–Crippen LogP) is 4.50. The second-order valence-corrected chi connectivity index (χ2v) is 5.34. The third kappa shape index (κ3) is 3.17. The predicted molar refractivity (Wildman–Crippen MR) is 88.8 cm³/mol. The molecular weight excluding hydrogens is 242 g/mol. The van der Waals surface area contributed by atoms with E-state index in [-0.39, 0.29) is 0 Å². The second-order valence-electron chi connectivity index (χ2n) is 5.34. The van der Waals surface area contributed by atoms with Gasteiger partial charge in [-0.2, -0.15) is 0 Å². The molecule has 0 aromatic heterocycles. The van der Waals surface area contributed by atoms with Gasteiger partial charge in [0, 0.05) is 0 Å². The maximum absolute atomic E-state index is 5.60. The highest BCUT2D eigenvalue weighted by Crippen LogP contribution is 2.30. The first-order chi connectivity index (χ1) is 9.65. The zero-order valence-electron chi connectivity index (χ0n) is 12.4. The van der Waals surface area contributed by atoms with E-state index in [2.05, 4.69) is 56.8 Å². The molecule has 1 heteroatoms. The van der Waals surface area contributed by atoms with E-state index in [1.54, 1.807) is 0 Å². The zero-order valence-corrected chi connectivity index (χ0v) is 12.4. The van der Waals surface area contributed by atoms with Crippen LogP contribution < -0.4 is 5.73 Å². The van der Waals surface area contributed by atoms with E-state index in [1.807, 2.05) is 6.08 Å². The molecule has 0 atom stereocenters. The summed E-state index contributed by atoms with van der Waals surface area (Å²) in [5.74, 6) is 0. The number of hydrogen-bond donors (Lipinski definition) is 1. The molecule has 0 radical (unpaired) electrons. The van der Waals surface area contributed by atoms with Crippen molar-refractivity contribution in [2.24, 2.45) is 5.73 Å². The number of rotatable bonds is 5. The monoisotopic (exact) mass is 265 g/mol. The summed E-state index contributed by atoms with van der Waals surface area (Å²) in [6.07, 6.45) is 4.02. The van der Waals surface area contributed by atoms with E-state index in [0.29, 0.717) is 0 Å². The molecule has 0 amide bonds. The van der Waals surface area contributed by atoms with Crippen LogP contribution in [0.2, 0.25) is 0 Å². The van der Waals surface area contributed by atoms with E-state index < -0.39 is 0 Å². The van der Waals surface area contributed by atoms with Gasteiger partial charge >= 0.3 is 0 Å². The van der Waals surface area contributed by atoms with Crippen molar-refractivity contribution >= 4 is 6.08 Å². The summed E-state index contributed by atoms with van der Waals surface area (Å²) in [4.78, 5) is 0. The molecule has 0 spiro atoms. The summed E-state index contributed by atoms with van der Waals surface area (Å²) in [5.41, 5.74) is 13.3. The van der Waals surface area contributed by atoms with Gasteiger partial charge in [0.25, 0.3) is 0 Å². The fourth-order valence-electron chi connectivity index (χ4n) is 2.74. The first kappa shape index (κ1) is 14.5. The van der Waals surface area contributed by atoms with Gasteiger partial charge in [0.15, 0.2) is 0 Å². The molecule has 0 fully saturated rings. The van der Waals surface area contributed by atoms with Gasteiger partial charge in [-0.1, -0.05) is 54.6 Å². The normalized spacial score (nSPS) is 10.6. The molecule has 104 valence electrons. The van der Waals surface area contributed by atoms with Crippen LogP contribution in [0.1, 0.15) is 28.7 Å². The van der Waals surface area contributed by atoms with Crippen LogP contribution in [0.3, 0.4) is 0 Å². The van der Waals surface area contributed by atoms with E-state index >= 15 is 0 Å². The molecule has 2 aromatic carbocycles. The molecule has 2 aromatic rings. The Labute approximate surface area is 122 Å². The third-order valence-electron chi connectivity index (χ3n) is 3.62. The van der Waals surface area contributed by atoms with Crippen LogP contribution in [0.5, 0.6) is 0 Å². The quantitative estimate of drug-likeness (QED) is 0.846. The topological polar surface area (TPSA) is 26.0 Å². The van der Waals surface area contributed by atoms with Crippen molar-refractivity contribution in [3.05, 3.63) is 65.2 Å². The van der Waals surface area contributed by atoms with Gasteiger partial charge in [-0.15, -0.1) is 0 Å². The highest BCUT2D eigenvalue weighted by atomic mass is 14.5. The fraction of sp³-hybridized carbons (Fsp3) is 0.263. The standard InChI is InChI=1S/C19H23N/c1-4-17-12-14(2)11-15(3)19(17)18-9-5-7-16(13-18)8-6-10-20/h4-5,7,9,11-13H,1,6,8,10,20H2,2-3H3. The Kier molecular flexibility index (Phi) is 4.75. The molecule has 20 heavy (non-hydrogen) atoms. The molecule has 0 aliphatic heterocycles. The summed E-state index contributed by atoms with van der Waals surface area (Å²) >= 11 is 0. The number of aryl methyl sites for hydroxylation is 3. The lowest BCUT2D eigenvalue weighted by Gasteiger charge is -2.13. The van der Waals surface area contributed by atoms with Gasteiger partial charge in [0.05, 0.1) is 0 Å². The van der Waals surface area contributed by atoms with Crippen molar-refractivity contribution in [3.8, 4) is 11.1 Å². The Morgan fingerprint density at radius 2 is 1.95 bits per heavy atom. The van der Waals surface area contributed by atoms with E-state index in [4.69, 9.17) is 5.73 Å². The molecule has 0 unspecified atom stereocenters. The van der Waals surface area contributed by atoms with Crippen molar-refractivity contribution < 1.29 is 0 Å². The maximum atomic E-state index is 5.60. The minimum Gasteiger partial charge on any atom is -0.330 e. The summed E-state index contributed by atoms with van der Waals surface area (Å²) in [5, 5.41) is 0. The zero-order chi connectivity index (χ0) is 14.5. The molecule has 0 aliphatic carbocycles. The van der Waals surface area contributed by atoms with Crippen molar-refractivity contribution in [1.29, 1.82) is 0 Å². The van der Waals surface area contributed by atoms with E-state index in [1.165, 1.54) is 33.4 Å². The Hall–Kier alpha value is -1.86. The van der Waals surface area contributed by atoms with Gasteiger partial charge in [0.1, 0.15) is 0 Å². The minimum absolute atomic E-state index is 0.742. The summed E-state index contributed by atoms with van der Waals surface area (Å²) < 4.78 is 0. The highest BCUT2D eigenvalue weighted by molar-refractivity contribution is 5.78. The summed E-state index contributed by atoms with van der Waals surface area (Å²) in [6, 6.07) is 13.2. The number of nitrogens with two attached hydrogens (primary N) is 1. The van der Waals surface area contributed by atoms with Gasteiger partial charge < -0.3 is 5.73 Å². The average molecular weight is 265 g/mol. The highest BCUT2D eigenvalue weighted by Gasteiger charge is 2.08. The van der Waals surface area contributed by atoms with Crippen LogP contribution in [-0.2, 0) is 6.42 Å². The van der Waals surface area contributed by atoms with E-state index in [9.17, 15) is 0 Å². The first-order valence-electron chi connectivity index (χ1n) is 7.18. The molecular formula is C19H23N. The fourth-order valence-corrected chi connectivity index (χ4v) is 2.74. The molecule has 0 aliphatic rings. The van der Waals surface area contributed by atoms with Crippen LogP contribution >= 0.6 is 0 Å². The van der Waals surface area contributed by atoms with Gasteiger partial charge in [-0.3, -0.25) is 0 Å². The lowest BCUT2D eigenvalue weighted by atomic mass is 9.92. The van der Waals surface area contributed by atoms with Crippen LogP contribution in [0, 0.1) is 13.8 Å². The molecule has 2 N–H and O–H groups in total. The van der Waals surface area contributed by atoms with Crippen LogP contribution in [0.25, 0.3) is 17.2 Å². The van der Waals surface area contributed by atoms with Gasteiger partial charge in [-0.05, 0) is 61.1 Å². The Bertz CT molecular complexity index is 611. The van der Waals surface area contributed by atoms with Crippen molar-refractivity contribution in [2.75, 3.05) is 6.54 Å². The number of hydrogen-bond acceptors (Lipinski definition) is 1. The third-order valence-corrected chi connectivity index (χ3v) is 3.62. The van der Waals surface area contributed by atoms with Gasteiger partial charge in [-0.25, -0.2) is 0 Å². The Morgan fingerprint density at radius 3 is 2.65 bits per heavy atom. The molecule has 1 nitrogen and oxygen atoms in total. The lowest BCUT2D eigenvalue weighted by Crippen LogP contribution is -2.00. The van der Waals surface area contributed by atoms with Crippen LogP contribution in [-0.4, -0.2) is 6.54 Å². The Balaban J connectivity index is 2.48. The second kappa shape index (κ2) is 6.53. The Morgan fingerprint density at radius 1 is 1.15 bits per heavy atom. The van der Waals surface area contributed by atoms with Crippen molar-refractivity contribution in [3.63, 3.8) is 0 Å². The molecule has 0 heterocycles. The maximum Gasteiger partial charge on any atom is -0.00741 e. The van der Waals surface area contributed by atoms with Crippen molar-refractivity contribution in [2.45, 2.75) is 26.7 Å². The van der Waals surface area contributed by atoms with Gasteiger partial charge in [0.2, 0.25) is 0 Å². The molecule has 0 saturated carbocycles. The molecule has 0 saturated heterocycles. The SMILES string of the molecule is C=Cc1cc(C)cc(C)c1-c1cccc(CCCN)c1. The van der Waals surface area contributed by atoms with E-state index in [0.717, 1.165) is 19.4 Å². The first-order valence-corrected chi connectivity index (χ1v) is 7.18. The number of benzene rings is 2. The van der Waals surface area contributed by atoms with Crippen molar-refractivity contribution in [1.82, 2.24) is 0 Å². The van der Waals surface area contributed by atoms with Crippen LogP contribution in [0.4, 0.5) is 0 Å². The minimum atomic E-state index is 0.742. The lowest BCUT2D eigenvalue weighted by molar-refractivity contribution is 0.833. The van der Waals surface area contributed by atoms with Crippen LogP contribution in [0.15, 0.2) is 43.0 Å².